The minimum absolute atomic E-state index is 0.124. The van der Waals surface area contributed by atoms with Gasteiger partial charge in [0.25, 0.3) is 0 Å². The van der Waals surface area contributed by atoms with Crippen molar-refractivity contribution in [1.29, 1.82) is 0 Å². The average molecular weight is 577 g/mol. The Hall–Kier alpha value is -4.52. The van der Waals surface area contributed by atoms with Crippen LogP contribution in [0.1, 0.15) is 41.5 Å². The molecular weight excluding hydrogens is 547 g/mol. The standard InChI is InChI=1S/C28H29FO12/c1-14(30)37-13-22-24(38-15(2)31)25(39-16(3)32)23(29)28(41-22)40-21-8-6-17(7-9-21)18-10-19(26(33)35-4)12-20(11-18)27(34)36-5/h6-12,22-25,28H,13H2,1-5H3. The van der Waals surface area contributed by atoms with Gasteiger partial charge in [0.1, 0.15) is 18.5 Å². The van der Waals surface area contributed by atoms with Gasteiger partial charge in [-0.1, -0.05) is 12.1 Å². The third kappa shape index (κ3) is 8.01. The number of ether oxygens (including phenoxy) is 7. The summed E-state index contributed by atoms with van der Waals surface area (Å²) in [6.07, 6.45) is -8.00. The van der Waals surface area contributed by atoms with Crippen molar-refractivity contribution in [1.82, 2.24) is 0 Å². The van der Waals surface area contributed by atoms with Crippen LogP contribution < -0.4 is 4.74 Å². The molecule has 12 nitrogen and oxygen atoms in total. The Morgan fingerprint density at radius 1 is 0.756 bits per heavy atom. The van der Waals surface area contributed by atoms with Crippen molar-refractivity contribution >= 4 is 29.8 Å². The highest BCUT2D eigenvalue weighted by atomic mass is 19.1. The predicted molar refractivity (Wildman–Crippen MR) is 136 cm³/mol. The van der Waals surface area contributed by atoms with E-state index in [0.717, 1.165) is 20.8 Å². The molecule has 0 N–H and O–H groups in total. The van der Waals surface area contributed by atoms with E-state index >= 15 is 4.39 Å². The molecule has 1 saturated heterocycles. The molecule has 220 valence electrons. The summed E-state index contributed by atoms with van der Waals surface area (Å²) in [6.45, 7) is 2.86. The molecule has 0 aliphatic carbocycles. The Kier molecular flexibility index (Phi) is 10.4. The Morgan fingerprint density at radius 3 is 1.78 bits per heavy atom. The summed E-state index contributed by atoms with van der Waals surface area (Å²) in [4.78, 5) is 59.0. The maximum absolute atomic E-state index is 15.6. The first-order valence-corrected chi connectivity index (χ1v) is 12.3. The van der Waals surface area contributed by atoms with E-state index in [1.807, 2.05) is 0 Å². The second-order valence-corrected chi connectivity index (χ2v) is 8.86. The van der Waals surface area contributed by atoms with E-state index in [1.165, 1.54) is 44.6 Å². The summed E-state index contributed by atoms with van der Waals surface area (Å²) in [5.74, 6) is -3.47. The van der Waals surface area contributed by atoms with Crippen LogP contribution in [0, 0.1) is 0 Å². The zero-order valence-electron chi connectivity index (χ0n) is 22.9. The summed E-state index contributed by atoms with van der Waals surface area (Å²) in [5, 5.41) is 0. The first kappa shape index (κ1) is 31.0. The number of benzene rings is 2. The summed E-state index contributed by atoms with van der Waals surface area (Å²) < 4.78 is 51.7. The van der Waals surface area contributed by atoms with Crippen LogP contribution in [0.3, 0.4) is 0 Å². The molecular formula is C28H29FO12. The van der Waals surface area contributed by atoms with E-state index in [0.29, 0.717) is 11.1 Å². The van der Waals surface area contributed by atoms with Crippen molar-refractivity contribution in [2.75, 3.05) is 20.8 Å². The molecule has 2 aromatic rings. The molecule has 0 amide bonds. The summed E-state index contributed by atoms with van der Waals surface area (Å²) in [5.41, 5.74) is 1.30. The normalized spacial score (nSPS) is 21.7. The lowest BCUT2D eigenvalue weighted by Gasteiger charge is -2.41. The van der Waals surface area contributed by atoms with Gasteiger partial charge < -0.3 is 33.2 Å². The van der Waals surface area contributed by atoms with Crippen LogP contribution in [0.5, 0.6) is 5.75 Å². The number of methoxy groups -OCH3 is 2. The highest BCUT2D eigenvalue weighted by Gasteiger charge is 2.52. The minimum Gasteiger partial charge on any atom is -0.465 e. The second kappa shape index (κ2) is 13.7. The van der Waals surface area contributed by atoms with Crippen LogP contribution in [-0.4, -0.2) is 81.4 Å². The smallest absolute Gasteiger partial charge is 0.337 e. The van der Waals surface area contributed by atoms with Gasteiger partial charge >= 0.3 is 29.8 Å². The van der Waals surface area contributed by atoms with Gasteiger partial charge in [0, 0.05) is 20.8 Å². The molecule has 0 spiro atoms. The fraction of sp³-hybridized carbons (Fsp3) is 0.393. The highest BCUT2D eigenvalue weighted by molar-refractivity contribution is 5.97. The lowest BCUT2D eigenvalue weighted by Crippen LogP contribution is -2.61. The fourth-order valence-corrected chi connectivity index (χ4v) is 4.08. The molecule has 1 aliphatic heterocycles. The monoisotopic (exact) mass is 576 g/mol. The van der Waals surface area contributed by atoms with Gasteiger partial charge in [0.15, 0.2) is 12.2 Å². The number of esters is 5. The molecule has 1 heterocycles. The van der Waals surface area contributed by atoms with Crippen LogP contribution in [-0.2, 0) is 42.8 Å². The summed E-state index contributed by atoms with van der Waals surface area (Å²) in [6, 6.07) is 10.5. The molecule has 0 bridgehead atoms. The van der Waals surface area contributed by atoms with Gasteiger partial charge in [-0.25, -0.2) is 14.0 Å². The fourth-order valence-electron chi connectivity index (χ4n) is 4.08. The Bertz CT molecular complexity index is 1260. The van der Waals surface area contributed by atoms with Crippen molar-refractivity contribution in [3.63, 3.8) is 0 Å². The molecule has 13 heteroatoms. The lowest BCUT2D eigenvalue weighted by atomic mass is 9.99. The molecule has 1 aliphatic rings. The number of halogens is 1. The van der Waals surface area contributed by atoms with Gasteiger partial charge in [-0.15, -0.1) is 0 Å². The average Bonchev–Trinajstić information content (AvgIpc) is 2.94. The number of carbonyl (C=O) groups excluding carboxylic acids is 5. The molecule has 5 atom stereocenters. The number of alkyl halides is 1. The SMILES string of the molecule is COC(=O)c1cc(C(=O)OC)cc(-c2ccc(OC3OC(COC(C)=O)C(OC(C)=O)C(OC(C)=O)C3F)cc2)c1. The Morgan fingerprint density at radius 2 is 1.29 bits per heavy atom. The van der Waals surface area contributed by atoms with Crippen LogP contribution in [0.2, 0.25) is 0 Å². The minimum atomic E-state index is -2.10. The first-order valence-electron chi connectivity index (χ1n) is 12.3. The number of carbonyl (C=O) groups is 5. The third-order valence-corrected chi connectivity index (χ3v) is 5.84. The molecule has 1 fully saturated rings. The van der Waals surface area contributed by atoms with Crippen molar-refractivity contribution in [3.05, 3.63) is 53.6 Å². The van der Waals surface area contributed by atoms with Crippen LogP contribution >= 0.6 is 0 Å². The molecule has 3 rings (SSSR count). The third-order valence-electron chi connectivity index (χ3n) is 5.84. The van der Waals surface area contributed by atoms with Crippen molar-refractivity contribution < 1.29 is 61.5 Å². The largest absolute Gasteiger partial charge is 0.465 e. The first-order chi connectivity index (χ1) is 19.4. The zero-order valence-corrected chi connectivity index (χ0v) is 22.9. The van der Waals surface area contributed by atoms with Crippen molar-refractivity contribution in [2.45, 2.75) is 51.5 Å². The zero-order chi connectivity index (χ0) is 30.3. The van der Waals surface area contributed by atoms with E-state index in [1.54, 1.807) is 12.1 Å². The Labute approximate surface area is 234 Å². The summed E-state index contributed by atoms with van der Waals surface area (Å²) in [7, 11) is 2.42. The molecule has 0 radical (unpaired) electrons. The molecule has 5 unspecified atom stereocenters. The van der Waals surface area contributed by atoms with Gasteiger partial charge in [0.2, 0.25) is 12.5 Å². The van der Waals surface area contributed by atoms with E-state index in [2.05, 4.69) is 0 Å². The predicted octanol–water partition coefficient (Wildman–Crippen LogP) is 2.80. The van der Waals surface area contributed by atoms with Gasteiger partial charge in [0.05, 0.1) is 25.3 Å². The topological polar surface area (TPSA) is 150 Å². The van der Waals surface area contributed by atoms with Crippen LogP contribution in [0.4, 0.5) is 4.39 Å². The highest BCUT2D eigenvalue weighted by Crippen LogP contribution is 2.32. The Balaban J connectivity index is 1.89. The molecule has 41 heavy (non-hydrogen) atoms. The van der Waals surface area contributed by atoms with Gasteiger partial charge in [-0.05, 0) is 41.5 Å². The van der Waals surface area contributed by atoms with Crippen LogP contribution in [0.25, 0.3) is 11.1 Å². The van der Waals surface area contributed by atoms with Gasteiger partial charge in [-0.2, -0.15) is 0 Å². The van der Waals surface area contributed by atoms with Crippen molar-refractivity contribution in [2.24, 2.45) is 0 Å². The summed E-state index contributed by atoms with van der Waals surface area (Å²) >= 11 is 0. The van der Waals surface area contributed by atoms with E-state index in [4.69, 9.17) is 33.2 Å². The number of hydrogen-bond donors (Lipinski definition) is 0. The molecule has 0 saturated carbocycles. The maximum Gasteiger partial charge on any atom is 0.337 e. The number of hydrogen-bond acceptors (Lipinski definition) is 12. The number of rotatable bonds is 9. The molecule has 0 aromatic heterocycles. The molecule has 2 aromatic carbocycles. The van der Waals surface area contributed by atoms with Crippen LogP contribution in [0.15, 0.2) is 42.5 Å². The quantitative estimate of drug-likeness (QED) is 0.319. The van der Waals surface area contributed by atoms with Crippen molar-refractivity contribution in [3.8, 4) is 16.9 Å². The van der Waals surface area contributed by atoms with Gasteiger partial charge in [-0.3, -0.25) is 14.4 Å². The maximum atomic E-state index is 15.6. The van der Waals surface area contributed by atoms with E-state index in [9.17, 15) is 24.0 Å². The van der Waals surface area contributed by atoms with E-state index < -0.39 is 67.2 Å². The second-order valence-electron chi connectivity index (χ2n) is 8.86. The lowest BCUT2D eigenvalue weighted by molar-refractivity contribution is -0.271. The van der Waals surface area contributed by atoms with E-state index in [-0.39, 0.29) is 16.9 Å².